The molecule has 26 heavy (non-hydrogen) atoms. The van der Waals surface area contributed by atoms with E-state index in [-0.39, 0.29) is 18.1 Å². The molecule has 1 aliphatic heterocycles. The first kappa shape index (κ1) is 20.6. The fourth-order valence-electron chi connectivity index (χ4n) is 3.56. The number of methoxy groups -OCH3 is 1. The highest BCUT2D eigenvalue weighted by molar-refractivity contribution is 5.76. The molecule has 1 amide bonds. The summed E-state index contributed by atoms with van der Waals surface area (Å²) in [5, 5.41) is 6.51. The van der Waals surface area contributed by atoms with Gasteiger partial charge in [0.1, 0.15) is 0 Å². The van der Waals surface area contributed by atoms with Crippen LogP contribution in [0.1, 0.15) is 58.6 Å². The zero-order chi connectivity index (χ0) is 19.1. The van der Waals surface area contributed by atoms with Crippen LogP contribution in [-0.4, -0.2) is 32.2 Å². The van der Waals surface area contributed by atoms with Crippen molar-refractivity contribution in [1.82, 2.24) is 10.6 Å². The van der Waals surface area contributed by atoms with Gasteiger partial charge in [0, 0.05) is 6.42 Å². The van der Waals surface area contributed by atoms with Crippen molar-refractivity contribution in [2.45, 2.75) is 59.1 Å². The van der Waals surface area contributed by atoms with Crippen molar-refractivity contribution in [3.63, 3.8) is 0 Å². The molecule has 1 fully saturated rings. The normalized spacial score (nSPS) is 17.6. The van der Waals surface area contributed by atoms with E-state index in [4.69, 9.17) is 9.47 Å². The highest BCUT2D eigenvalue weighted by atomic mass is 16.5. The van der Waals surface area contributed by atoms with Gasteiger partial charge in [-0.05, 0) is 76.2 Å². The molecule has 1 heterocycles. The van der Waals surface area contributed by atoms with E-state index in [1.165, 1.54) is 12.8 Å². The molecule has 2 N–H and O–H groups in total. The molecule has 2 atom stereocenters. The summed E-state index contributed by atoms with van der Waals surface area (Å²) in [6.07, 6.45) is 3.00. The molecule has 2 rings (SSSR count). The number of amides is 1. The third kappa shape index (κ3) is 5.90. The monoisotopic (exact) mass is 362 g/mol. The van der Waals surface area contributed by atoms with E-state index < -0.39 is 0 Å². The van der Waals surface area contributed by atoms with Gasteiger partial charge in [-0.3, -0.25) is 4.79 Å². The Labute approximate surface area is 157 Å². The van der Waals surface area contributed by atoms with Crippen LogP contribution < -0.4 is 20.1 Å². The van der Waals surface area contributed by atoms with Crippen LogP contribution in [0.15, 0.2) is 18.2 Å². The predicted molar refractivity (Wildman–Crippen MR) is 105 cm³/mol. The molecule has 1 aromatic rings. The molecule has 0 bridgehead atoms. The number of piperidine rings is 1. The lowest BCUT2D eigenvalue weighted by molar-refractivity contribution is -0.123. The molecule has 0 spiro atoms. The van der Waals surface area contributed by atoms with E-state index in [1.807, 2.05) is 39.0 Å². The second kappa shape index (κ2) is 9.81. The summed E-state index contributed by atoms with van der Waals surface area (Å²) in [5.74, 6) is 2.60. The molecular weight excluding hydrogens is 328 g/mol. The van der Waals surface area contributed by atoms with E-state index in [0.29, 0.717) is 24.0 Å². The number of ether oxygens (including phenoxy) is 2. The maximum absolute atomic E-state index is 12.5. The third-order valence-electron chi connectivity index (χ3n) is 5.12. The second-order valence-corrected chi connectivity index (χ2v) is 7.63. The minimum atomic E-state index is -0.0651. The van der Waals surface area contributed by atoms with Crippen LogP contribution >= 0.6 is 0 Å². The van der Waals surface area contributed by atoms with Crippen molar-refractivity contribution in [3.8, 4) is 11.5 Å². The van der Waals surface area contributed by atoms with Crippen LogP contribution in [0.3, 0.4) is 0 Å². The number of rotatable bonds is 8. The minimum absolute atomic E-state index is 0.0651. The van der Waals surface area contributed by atoms with E-state index in [0.717, 1.165) is 24.4 Å². The lowest BCUT2D eigenvalue weighted by Crippen LogP contribution is -2.34. The summed E-state index contributed by atoms with van der Waals surface area (Å²) in [4.78, 5) is 12.5. The van der Waals surface area contributed by atoms with Crippen molar-refractivity contribution in [2.24, 2.45) is 11.8 Å². The lowest BCUT2D eigenvalue weighted by atomic mass is 9.84. The molecule has 5 heteroatoms. The number of carbonyl (C=O) groups excluding carboxylic acids is 1. The Morgan fingerprint density at radius 3 is 2.50 bits per heavy atom. The van der Waals surface area contributed by atoms with E-state index in [1.54, 1.807) is 7.11 Å². The van der Waals surface area contributed by atoms with Gasteiger partial charge in [-0.15, -0.1) is 0 Å². The molecule has 0 aromatic heterocycles. The molecule has 0 saturated carbocycles. The fraction of sp³-hybridized carbons (Fsp3) is 0.667. The molecule has 0 radical (unpaired) electrons. The van der Waals surface area contributed by atoms with Crippen LogP contribution in [-0.2, 0) is 4.79 Å². The average molecular weight is 363 g/mol. The SMILES string of the molecule is COc1cc(C(C)NC(=O)CC(C)C2CCNCC2)ccc1OC(C)C. The maximum atomic E-state index is 12.5. The van der Waals surface area contributed by atoms with Gasteiger partial charge in [-0.25, -0.2) is 0 Å². The summed E-state index contributed by atoms with van der Waals surface area (Å²) >= 11 is 0. The zero-order valence-corrected chi connectivity index (χ0v) is 16.8. The Kier molecular flexibility index (Phi) is 7.76. The average Bonchev–Trinajstić information content (AvgIpc) is 2.62. The Morgan fingerprint density at radius 2 is 1.88 bits per heavy atom. The fourth-order valence-corrected chi connectivity index (χ4v) is 3.56. The number of benzene rings is 1. The molecule has 1 saturated heterocycles. The largest absolute Gasteiger partial charge is 0.493 e. The van der Waals surface area contributed by atoms with Crippen molar-refractivity contribution < 1.29 is 14.3 Å². The van der Waals surface area contributed by atoms with Gasteiger partial charge in [-0.1, -0.05) is 13.0 Å². The van der Waals surface area contributed by atoms with Gasteiger partial charge in [0.15, 0.2) is 11.5 Å². The summed E-state index contributed by atoms with van der Waals surface area (Å²) in [6.45, 7) is 10.3. The highest BCUT2D eigenvalue weighted by Crippen LogP contribution is 2.31. The Hall–Kier alpha value is -1.75. The Balaban J connectivity index is 1.93. The number of carbonyl (C=O) groups is 1. The first-order valence-corrected chi connectivity index (χ1v) is 9.75. The lowest BCUT2D eigenvalue weighted by Gasteiger charge is -2.28. The smallest absolute Gasteiger partial charge is 0.220 e. The van der Waals surface area contributed by atoms with Gasteiger partial charge >= 0.3 is 0 Å². The maximum Gasteiger partial charge on any atom is 0.220 e. The topological polar surface area (TPSA) is 59.6 Å². The quantitative estimate of drug-likeness (QED) is 0.740. The Morgan fingerprint density at radius 1 is 1.19 bits per heavy atom. The van der Waals surface area contributed by atoms with Crippen molar-refractivity contribution in [3.05, 3.63) is 23.8 Å². The van der Waals surface area contributed by atoms with Crippen molar-refractivity contribution >= 4 is 5.91 Å². The standard InChI is InChI=1S/C21H34N2O3/c1-14(2)26-19-7-6-18(13-20(19)25-5)16(4)23-21(24)12-15(3)17-8-10-22-11-9-17/h6-7,13-17,22H,8-12H2,1-5H3,(H,23,24). The first-order chi connectivity index (χ1) is 12.4. The summed E-state index contributed by atoms with van der Waals surface area (Å²) in [7, 11) is 1.64. The van der Waals surface area contributed by atoms with E-state index >= 15 is 0 Å². The van der Waals surface area contributed by atoms with E-state index in [9.17, 15) is 4.79 Å². The molecule has 0 aliphatic carbocycles. The van der Waals surface area contributed by atoms with Gasteiger partial charge in [0.25, 0.3) is 0 Å². The number of hydrogen-bond donors (Lipinski definition) is 2. The van der Waals surface area contributed by atoms with Crippen LogP contribution in [0, 0.1) is 11.8 Å². The van der Waals surface area contributed by atoms with E-state index in [2.05, 4.69) is 17.6 Å². The van der Waals surface area contributed by atoms with Crippen molar-refractivity contribution in [2.75, 3.05) is 20.2 Å². The zero-order valence-electron chi connectivity index (χ0n) is 16.8. The van der Waals surface area contributed by atoms with Crippen LogP contribution in [0.25, 0.3) is 0 Å². The number of nitrogens with one attached hydrogen (secondary N) is 2. The van der Waals surface area contributed by atoms with Crippen molar-refractivity contribution in [1.29, 1.82) is 0 Å². The molecule has 1 aromatic carbocycles. The van der Waals surface area contributed by atoms with Gasteiger partial charge in [-0.2, -0.15) is 0 Å². The molecular formula is C21H34N2O3. The minimum Gasteiger partial charge on any atom is -0.493 e. The Bertz CT molecular complexity index is 583. The van der Waals surface area contributed by atoms with Gasteiger partial charge in [0.05, 0.1) is 19.3 Å². The third-order valence-corrected chi connectivity index (χ3v) is 5.12. The molecule has 5 nitrogen and oxygen atoms in total. The summed E-state index contributed by atoms with van der Waals surface area (Å²) in [5.41, 5.74) is 1.01. The molecule has 146 valence electrons. The predicted octanol–water partition coefficient (Wildman–Crippen LogP) is 3.69. The highest BCUT2D eigenvalue weighted by Gasteiger charge is 2.23. The summed E-state index contributed by atoms with van der Waals surface area (Å²) in [6, 6.07) is 5.78. The van der Waals surface area contributed by atoms with Crippen LogP contribution in [0.5, 0.6) is 11.5 Å². The molecule has 1 aliphatic rings. The second-order valence-electron chi connectivity index (χ2n) is 7.63. The first-order valence-electron chi connectivity index (χ1n) is 9.75. The number of hydrogen-bond acceptors (Lipinski definition) is 4. The summed E-state index contributed by atoms with van der Waals surface area (Å²) < 4.78 is 11.2. The van der Waals surface area contributed by atoms with Crippen LogP contribution in [0.4, 0.5) is 0 Å². The van der Waals surface area contributed by atoms with Crippen LogP contribution in [0.2, 0.25) is 0 Å². The molecule has 2 unspecified atom stereocenters. The van der Waals surface area contributed by atoms with Gasteiger partial charge < -0.3 is 20.1 Å². The van der Waals surface area contributed by atoms with Gasteiger partial charge in [0.2, 0.25) is 5.91 Å².